The van der Waals surface area contributed by atoms with Crippen LogP contribution in [0.1, 0.15) is 18.9 Å². The SMILES string of the molecule is CC(=O)N(CCNC(=O)CCOc1ccccc1)Cc1ccc(F)cc1. The number of nitrogens with one attached hydrogen (secondary N) is 1. The first kappa shape index (κ1) is 19.4. The fourth-order valence-electron chi connectivity index (χ4n) is 2.36. The maximum absolute atomic E-state index is 12.9. The molecule has 2 aromatic carbocycles. The first-order valence-electron chi connectivity index (χ1n) is 8.49. The second kappa shape index (κ2) is 10.2. The van der Waals surface area contributed by atoms with Crippen LogP contribution in [0, 0.1) is 5.82 Å². The van der Waals surface area contributed by atoms with Gasteiger partial charge in [0.25, 0.3) is 0 Å². The van der Waals surface area contributed by atoms with Crippen LogP contribution >= 0.6 is 0 Å². The number of para-hydroxylation sites is 1. The second-order valence-corrected chi connectivity index (χ2v) is 5.83. The van der Waals surface area contributed by atoms with E-state index in [4.69, 9.17) is 4.74 Å². The molecule has 0 unspecified atom stereocenters. The molecule has 26 heavy (non-hydrogen) atoms. The number of ether oxygens (including phenoxy) is 1. The lowest BCUT2D eigenvalue weighted by atomic mass is 10.2. The Labute approximate surface area is 152 Å². The van der Waals surface area contributed by atoms with Crippen LogP contribution in [0.4, 0.5) is 4.39 Å². The van der Waals surface area contributed by atoms with Gasteiger partial charge in [0.15, 0.2) is 0 Å². The molecule has 0 aliphatic rings. The maximum Gasteiger partial charge on any atom is 0.223 e. The van der Waals surface area contributed by atoms with Crippen molar-refractivity contribution in [1.29, 1.82) is 0 Å². The zero-order valence-electron chi connectivity index (χ0n) is 14.8. The number of carbonyl (C=O) groups excluding carboxylic acids is 2. The Morgan fingerprint density at radius 1 is 1.08 bits per heavy atom. The van der Waals surface area contributed by atoms with Gasteiger partial charge < -0.3 is 15.0 Å². The molecule has 6 heteroatoms. The minimum atomic E-state index is -0.312. The molecule has 0 fully saturated rings. The molecule has 0 heterocycles. The van der Waals surface area contributed by atoms with E-state index in [1.54, 1.807) is 17.0 Å². The summed E-state index contributed by atoms with van der Waals surface area (Å²) in [6, 6.07) is 15.3. The molecule has 2 aromatic rings. The minimum Gasteiger partial charge on any atom is -0.493 e. The molecule has 0 bridgehead atoms. The van der Waals surface area contributed by atoms with Crippen LogP contribution in [0.5, 0.6) is 5.75 Å². The summed E-state index contributed by atoms with van der Waals surface area (Å²) in [4.78, 5) is 25.2. The summed E-state index contributed by atoms with van der Waals surface area (Å²) in [5, 5.41) is 2.78. The molecule has 2 rings (SSSR count). The summed E-state index contributed by atoms with van der Waals surface area (Å²) in [6.07, 6.45) is 0.243. The summed E-state index contributed by atoms with van der Waals surface area (Å²) < 4.78 is 18.4. The molecule has 0 aromatic heterocycles. The number of hydrogen-bond acceptors (Lipinski definition) is 3. The summed E-state index contributed by atoms with van der Waals surface area (Å²) >= 11 is 0. The molecular formula is C20H23FN2O3. The minimum absolute atomic E-state index is 0.101. The summed E-state index contributed by atoms with van der Waals surface area (Å²) in [7, 11) is 0. The van der Waals surface area contributed by atoms with Crippen molar-refractivity contribution < 1.29 is 18.7 Å². The third-order valence-corrected chi connectivity index (χ3v) is 3.78. The topological polar surface area (TPSA) is 58.6 Å². The number of rotatable bonds is 9. The second-order valence-electron chi connectivity index (χ2n) is 5.83. The lowest BCUT2D eigenvalue weighted by molar-refractivity contribution is -0.130. The third-order valence-electron chi connectivity index (χ3n) is 3.78. The van der Waals surface area contributed by atoms with E-state index in [9.17, 15) is 14.0 Å². The summed E-state index contributed by atoms with van der Waals surface area (Å²) in [5.41, 5.74) is 0.837. The highest BCUT2D eigenvalue weighted by Crippen LogP contribution is 2.08. The van der Waals surface area contributed by atoms with E-state index < -0.39 is 0 Å². The van der Waals surface area contributed by atoms with Crippen LogP contribution in [0.3, 0.4) is 0 Å². The number of carbonyl (C=O) groups is 2. The molecule has 0 aliphatic heterocycles. The molecule has 0 spiro atoms. The van der Waals surface area contributed by atoms with Gasteiger partial charge in [-0.25, -0.2) is 4.39 Å². The standard InChI is InChI=1S/C20H23FN2O3/c1-16(24)23(15-17-7-9-18(21)10-8-17)13-12-22-20(25)11-14-26-19-5-3-2-4-6-19/h2-10H,11-15H2,1H3,(H,22,25). The van der Waals surface area contributed by atoms with Crippen molar-refractivity contribution in [3.8, 4) is 5.75 Å². The van der Waals surface area contributed by atoms with Gasteiger partial charge in [-0.05, 0) is 29.8 Å². The molecule has 0 aliphatic carbocycles. The average Bonchev–Trinajstić information content (AvgIpc) is 2.63. The lowest BCUT2D eigenvalue weighted by Gasteiger charge is -2.21. The van der Waals surface area contributed by atoms with E-state index in [1.807, 2.05) is 30.3 Å². The highest BCUT2D eigenvalue weighted by atomic mass is 19.1. The fraction of sp³-hybridized carbons (Fsp3) is 0.300. The number of benzene rings is 2. The van der Waals surface area contributed by atoms with E-state index in [0.717, 1.165) is 11.3 Å². The molecule has 2 amide bonds. The Kier molecular flexibility index (Phi) is 7.61. The van der Waals surface area contributed by atoms with Crippen LogP contribution in [0.25, 0.3) is 0 Å². The Bertz CT molecular complexity index is 705. The first-order valence-corrected chi connectivity index (χ1v) is 8.49. The van der Waals surface area contributed by atoms with Crippen LogP contribution in [-0.4, -0.2) is 36.4 Å². The predicted molar refractivity (Wildman–Crippen MR) is 97.1 cm³/mol. The fourth-order valence-corrected chi connectivity index (χ4v) is 2.36. The predicted octanol–water partition coefficient (Wildman–Crippen LogP) is 2.76. The van der Waals surface area contributed by atoms with Gasteiger partial charge >= 0.3 is 0 Å². The largest absolute Gasteiger partial charge is 0.493 e. The van der Waals surface area contributed by atoms with Crippen LogP contribution in [0.15, 0.2) is 54.6 Å². The molecule has 0 atom stereocenters. The van der Waals surface area contributed by atoms with Gasteiger partial charge in [-0.3, -0.25) is 9.59 Å². The molecule has 0 radical (unpaired) electrons. The van der Waals surface area contributed by atoms with Crippen molar-refractivity contribution in [3.63, 3.8) is 0 Å². The number of halogens is 1. The van der Waals surface area contributed by atoms with E-state index in [2.05, 4.69) is 5.32 Å². The van der Waals surface area contributed by atoms with Gasteiger partial charge in [-0.2, -0.15) is 0 Å². The zero-order chi connectivity index (χ0) is 18.8. The van der Waals surface area contributed by atoms with Gasteiger partial charge in [-0.1, -0.05) is 30.3 Å². The van der Waals surface area contributed by atoms with Gasteiger partial charge in [0.1, 0.15) is 11.6 Å². The molecule has 0 saturated carbocycles. The highest BCUT2D eigenvalue weighted by molar-refractivity contribution is 5.76. The van der Waals surface area contributed by atoms with Crippen LogP contribution in [0.2, 0.25) is 0 Å². The summed E-state index contributed by atoms with van der Waals surface area (Å²) in [5.74, 6) is 0.178. The van der Waals surface area contributed by atoms with E-state index in [-0.39, 0.29) is 24.1 Å². The Morgan fingerprint density at radius 3 is 2.42 bits per heavy atom. The number of amides is 2. The maximum atomic E-state index is 12.9. The van der Waals surface area contributed by atoms with Crippen molar-refractivity contribution in [1.82, 2.24) is 10.2 Å². The Hall–Kier alpha value is -2.89. The van der Waals surface area contributed by atoms with Crippen molar-refractivity contribution in [3.05, 3.63) is 66.0 Å². The summed E-state index contributed by atoms with van der Waals surface area (Å²) in [6.45, 7) is 2.88. The molecule has 5 nitrogen and oxygen atoms in total. The quantitative estimate of drug-likeness (QED) is 0.750. The van der Waals surface area contributed by atoms with Crippen molar-refractivity contribution in [2.45, 2.75) is 19.9 Å². The van der Waals surface area contributed by atoms with Crippen molar-refractivity contribution >= 4 is 11.8 Å². The average molecular weight is 358 g/mol. The lowest BCUT2D eigenvalue weighted by Crippen LogP contribution is -2.37. The Balaban J connectivity index is 1.69. The molecule has 1 N–H and O–H groups in total. The van der Waals surface area contributed by atoms with E-state index in [0.29, 0.717) is 26.2 Å². The normalized spacial score (nSPS) is 10.2. The van der Waals surface area contributed by atoms with Gasteiger partial charge in [0.2, 0.25) is 11.8 Å². The van der Waals surface area contributed by atoms with Crippen molar-refractivity contribution in [2.75, 3.05) is 19.7 Å². The number of hydrogen-bond donors (Lipinski definition) is 1. The van der Waals surface area contributed by atoms with Gasteiger partial charge in [-0.15, -0.1) is 0 Å². The molecular weight excluding hydrogens is 335 g/mol. The number of nitrogens with zero attached hydrogens (tertiary/aromatic N) is 1. The van der Waals surface area contributed by atoms with E-state index >= 15 is 0 Å². The molecule has 0 saturated heterocycles. The van der Waals surface area contributed by atoms with Gasteiger partial charge in [0, 0.05) is 26.6 Å². The highest BCUT2D eigenvalue weighted by Gasteiger charge is 2.10. The smallest absolute Gasteiger partial charge is 0.223 e. The third kappa shape index (κ3) is 6.93. The zero-order valence-corrected chi connectivity index (χ0v) is 14.8. The van der Waals surface area contributed by atoms with E-state index in [1.165, 1.54) is 19.1 Å². The monoisotopic (exact) mass is 358 g/mol. The van der Waals surface area contributed by atoms with Crippen LogP contribution < -0.4 is 10.1 Å². The first-order chi connectivity index (χ1) is 12.5. The van der Waals surface area contributed by atoms with Crippen molar-refractivity contribution in [2.24, 2.45) is 0 Å². The van der Waals surface area contributed by atoms with Gasteiger partial charge in [0.05, 0.1) is 13.0 Å². The Morgan fingerprint density at radius 2 is 1.77 bits per heavy atom. The molecule has 138 valence electrons. The van der Waals surface area contributed by atoms with Crippen LogP contribution in [-0.2, 0) is 16.1 Å².